The maximum Gasteiger partial charge on any atom is 0.161 e. The minimum atomic E-state index is -0.243. The van der Waals surface area contributed by atoms with E-state index in [1.807, 2.05) is 4.79 Å². The van der Waals surface area contributed by atoms with Crippen LogP contribution in [0.25, 0.3) is 10.9 Å². The standard InChI is InChI=1S/C24H29FN4O3/c1-18(30)19-6-8-23(24(15-19)31-2)32-14-4-3-9-27-10-12-28(13-11-27)29-22-16-21(25)7-5-20(22)17-26-29/h5-8,15-17H,3-4,9-14H2,1-2H3. The molecule has 7 nitrogen and oxygen atoms in total. The van der Waals surface area contributed by atoms with E-state index in [0.717, 1.165) is 56.5 Å². The van der Waals surface area contributed by atoms with E-state index in [1.54, 1.807) is 37.6 Å². The minimum Gasteiger partial charge on any atom is -0.493 e. The third kappa shape index (κ3) is 5.02. The number of fused-ring (bicyclic) bond motifs is 1. The third-order valence-corrected chi connectivity index (χ3v) is 5.83. The Bertz CT molecular complexity index is 1080. The van der Waals surface area contributed by atoms with E-state index in [2.05, 4.69) is 15.0 Å². The Morgan fingerprint density at radius 1 is 1.06 bits per heavy atom. The lowest BCUT2D eigenvalue weighted by Gasteiger charge is -2.35. The Labute approximate surface area is 187 Å². The largest absolute Gasteiger partial charge is 0.493 e. The molecule has 0 unspecified atom stereocenters. The zero-order valence-corrected chi connectivity index (χ0v) is 18.6. The normalized spacial score (nSPS) is 14.7. The summed E-state index contributed by atoms with van der Waals surface area (Å²) in [5.41, 5.74) is 1.42. The molecule has 1 aliphatic heterocycles. The first-order chi connectivity index (χ1) is 15.5. The number of unbranched alkanes of at least 4 members (excludes halogenated alkanes) is 1. The Kier molecular flexibility index (Phi) is 6.90. The van der Waals surface area contributed by atoms with Crippen molar-refractivity contribution >= 4 is 16.7 Å². The zero-order valence-electron chi connectivity index (χ0n) is 18.6. The van der Waals surface area contributed by atoms with Crippen molar-refractivity contribution in [3.63, 3.8) is 0 Å². The smallest absolute Gasteiger partial charge is 0.161 e. The summed E-state index contributed by atoms with van der Waals surface area (Å²) in [6.07, 6.45) is 3.74. The van der Waals surface area contributed by atoms with E-state index >= 15 is 0 Å². The minimum absolute atomic E-state index is 0.00264. The molecule has 0 bridgehead atoms. The maximum absolute atomic E-state index is 13.6. The number of carbonyl (C=O) groups is 1. The molecule has 0 amide bonds. The van der Waals surface area contributed by atoms with Crippen LogP contribution >= 0.6 is 0 Å². The summed E-state index contributed by atoms with van der Waals surface area (Å²) in [5.74, 6) is 1.00. The topological polar surface area (TPSA) is 59.8 Å². The van der Waals surface area contributed by atoms with Crippen molar-refractivity contribution in [2.45, 2.75) is 19.8 Å². The van der Waals surface area contributed by atoms with Crippen LogP contribution in [-0.2, 0) is 0 Å². The molecule has 1 fully saturated rings. The van der Waals surface area contributed by atoms with E-state index in [9.17, 15) is 9.18 Å². The molecule has 0 N–H and O–H groups in total. The molecule has 8 heteroatoms. The lowest BCUT2D eigenvalue weighted by Crippen LogP contribution is -2.51. The average Bonchev–Trinajstić information content (AvgIpc) is 3.22. The van der Waals surface area contributed by atoms with Crippen LogP contribution in [0, 0.1) is 5.82 Å². The van der Waals surface area contributed by atoms with E-state index in [1.165, 1.54) is 19.1 Å². The fourth-order valence-corrected chi connectivity index (χ4v) is 3.98. The van der Waals surface area contributed by atoms with Crippen LogP contribution in [0.5, 0.6) is 11.5 Å². The SMILES string of the molecule is COc1cc(C(C)=O)ccc1OCCCCN1CCN(n2ncc3ccc(F)cc32)CC1. The predicted molar refractivity (Wildman–Crippen MR) is 122 cm³/mol. The average molecular weight is 441 g/mol. The van der Waals surface area contributed by atoms with Gasteiger partial charge >= 0.3 is 0 Å². The van der Waals surface area contributed by atoms with Crippen LogP contribution in [0.15, 0.2) is 42.6 Å². The van der Waals surface area contributed by atoms with E-state index < -0.39 is 0 Å². The number of methoxy groups -OCH3 is 1. The van der Waals surface area contributed by atoms with Crippen LogP contribution in [0.1, 0.15) is 30.1 Å². The van der Waals surface area contributed by atoms with Gasteiger partial charge in [0, 0.05) is 43.2 Å². The van der Waals surface area contributed by atoms with Crippen molar-refractivity contribution in [2.24, 2.45) is 0 Å². The number of carbonyl (C=O) groups excluding carboxylic acids is 1. The second-order valence-corrected chi connectivity index (χ2v) is 8.01. The highest BCUT2D eigenvalue weighted by Crippen LogP contribution is 2.28. The number of aromatic nitrogens is 2. The number of hydrogen-bond donors (Lipinski definition) is 0. The Balaban J connectivity index is 1.20. The molecule has 3 aromatic rings. The van der Waals surface area contributed by atoms with Gasteiger partial charge in [0.25, 0.3) is 0 Å². The molecular formula is C24H29FN4O3. The molecule has 4 rings (SSSR count). The summed E-state index contributed by atoms with van der Waals surface area (Å²) >= 11 is 0. The lowest BCUT2D eigenvalue weighted by molar-refractivity contribution is 0.101. The Morgan fingerprint density at radius 2 is 1.88 bits per heavy atom. The summed E-state index contributed by atoms with van der Waals surface area (Å²) < 4.78 is 24.8. The molecule has 0 radical (unpaired) electrons. The van der Waals surface area contributed by atoms with Gasteiger partial charge in [-0.1, -0.05) is 0 Å². The van der Waals surface area contributed by atoms with Crippen molar-refractivity contribution < 1.29 is 18.7 Å². The Morgan fingerprint density at radius 3 is 2.62 bits per heavy atom. The van der Waals surface area contributed by atoms with E-state index in [4.69, 9.17) is 9.47 Å². The molecule has 1 aliphatic rings. The molecule has 0 spiro atoms. The number of ether oxygens (including phenoxy) is 2. The monoisotopic (exact) mass is 440 g/mol. The number of ketones is 1. The van der Waals surface area contributed by atoms with E-state index in [0.29, 0.717) is 23.7 Å². The first-order valence-electron chi connectivity index (χ1n) is 11.0. The fraction of sp³-hybridized carbons (Fsp3) is 0.417. The van der Waals surface area contributed by atoms with Gasteiger partial charge in [-0.3, -0.25) is 14.7 Å². The summed E-state index contributed by atoms with van der Waals surface area (Å²) in [6.45, 7) is 6.72. The summed E-state index contributed by atoms with van der Waals surface area (Å²) in [6, 6.07) is 10.0. The quantitative estimate of drug-likeness (QED) is 0.375. The summed E-state index contributed by atoms with van der Waals surface area (Å²) in [7, 11) is 1.58. The van der Waals surface area contributed by atoms with Crippen LogP contribution in [0.2, 0.25) is 0 Å². The molecule has 0 aliphatic carbocycles. The zero-order chi connectivity index (χ0) is 22.5. The fourth-order valence-electron chi connectivity index (χ4n) is 3.98. The molecule has 1 aromatic heterocycles. The molecule has 2 aromatic carbocycles. The maximum atomic E-state index is 13.6. The van der Waals surface area contributed by atoms with Gasteiger partial charge in [-0.15, -0.1) is 0 Å². The number of hydrogen-bond acceptors (Lipinski definition) is 6. The first kappa shape index (κ1) is 22.1. The Hall–Kier alpha value is -3.13. The lowest BCUT2D eigenvalue weighted by atomic mass is 10.1. The highest BCUT2D eigenvalue weighted by molar-refractivity contribution is 5.94. The van der Waals surface area contributed by atoms with Crippen molar-refractivity contribution in [1.29, 1.82) is 0 Å². The van der Waals surface area contributed by atoms with Gasteiger partial charge in [0.05, 0.1) is 25.4 Å². The summed E-state index contributed by atoms with van der Waals surface area (Å²) in [5, 5.41) is 7.55. The third-order valence-electron chi connectivity index (χ3n) is 5.83. The second kappa shape index (κ2) is 9.99. The van der Waals surface area contributed by atoms with E-state index in [-0.39, 0.29) is 11.6 Å². The van der Waals surface area contributed by atoms with Crippen molar-refractivity contribution in [3.05, 3.63) is 54.0 Å². The number of piperazine rings is 1. The number of Topliss-reactive ketones (excluding diaryl/α,β-unsaturated/α-hetero) is 1. The first-order valence-corrected chi connectivity index (χ1v) is 11.0. The molecule has 0 atom stereocenters. The number of nitrogens with zero attached hydrogens (tertiary/aromatic N) is 4. The van der Waals surface area contributed by atoms with Crippen molar-refractivity contribution in [1.82, 2.24) is 14.8 Å². The highest BCUT2D eigenvalue weighted by Gasteiger charge is 2.19. The number of rotatable bonds is 9. The van der Waals surface area contributed by atoms with Gasteiger partial charge in [0.15, 0.2) is 17.3 Å². The van der Waals surface area contributed by atoms with Crippen molar-refractivity contribution in [2.75, 3.05) is 51.4 Å². The number of benzene rings is 2. The van der Waals surface area contributed by atoms with Gasteiger partial charge in [0.1, 0.15) is 5.82 Å². The molecule has 1 saturated heterocycles. The second-order valence-electron chi connectivity index (χ2n) is 8.01. The molecule has 170 valence electrons. The van der Waals surface area contributed by atoms with Crippen LogP contribution < -0.4 is 14.5 Å². The van der Waals surface area contributed by atoms with Gasteiger partial charge in [-0.2, -0.15) is 9.89 Å². The number of halogens is 1. The van der Waals surface area contributed by atoms with Crippen LogP contribution in [0.4, 0.5) is 4.39 Å². The van der Waals surface area contributed by atoms with Crippen LogP contribution in [0.3, 0.4) is 0 Å². The highest BCUT2D eigenvalue weighted by atomic mass is 19.1. The molecular weight excluding hydrogens is 411 g/mol. The van der Waals surface area contributed by atoms with Gasteiger partial charge in [-0.25, -0.2) is 4.39 Å². The van der Waals surface area contributed by atoms with Crippen LogP contribution in [-0.4, -0.2) is 67.0 Å². The predicted octanol–water partition coefficient (Wildman–Crippen LogP) is 3.50. The molecule has 2 heterocycles. The summed E-state index contributed by atoms with van der Waals surface area (Å²) in [4.78, 5) is 15.8. The van der Waals surface area contributed by atoms with Gasteiger partial charge < -0.3 is 9.47 Å². The molecule has 32 heavy (non-hydrogen) atoms. The van der Waals surface area contributed by atoms with Crippen molar-refractivity contribution in [3.8, 4) is 11.5 Å². The molecule has 0 saturated carbocycles. The van der Waals surface area contributed by atoms with Gasteiger partial charge in [-0.05, 0) is 56.6 Å². The van der Waals surface area contributed by atoms with Gasteiger partial charge in [0.2, 0.25) is 0 Å².